The Morgan fingerprint density at radius 1 is 0.436 bits per heavy atom. The predicted molar refractivity (Wildman–Crippen MR) is 229 cm³/mol. The van der Waals surface area contributed by atoms with Crippen molar-refractivity contribution in [3.8, 4) is 50.7 Å². The molecule has 0 radical (unpaired) electrons. The topological polar surface area (TPSA) is 30.7 Å². The fourth-order valence-corrected chi connectivity index (χ4v) is 7.96. The van der Waals surface area contributed by atoms with Gasteiger partial charge in [-0.25, -0.2) is 9.97 Å². The Hall–Kier alpha value is -7.10. The second kappa shape index (κ2) is 14.0. The molecule has 3 heteroatoms. The summed E-state index contributed by atoms with van der Waals surface area (Å²) in [6, 6.07) is 66.7. The molecule has 1 atom stereocenters. The Kier molecular flexibility index (Phi) is 8.31. The second-order valence-electron chi connectivity index (χ2n) is 14.2. The summed E-state index contributed by atoms with van der Waals surface area (Å²) in [5.74, 6) is 1.01. The molecular weight excluding hydrogens is 667 g/mol. The molecule has 1 unspecified atom stereocenters. The van der Waals surface area contributed by atoms with E-state index in [2.05, 4.69) is 199 Å². The van der Waals surface area contributed by atoms with Crippen LogP contribution in [0, 0.1) is 0 Å². The summed E-state index contributed by atoms with van der Waals surface area (Å²) >= 11 is 0. The van der Waals surface area contributed by atoms with E-state index in [4.69, 9.17) is 9.97 Å². The highest BCUT2D eigenvalue weighted by atomic mass is 15.0. The molecule has 1 aliphatic rings. The van der Waals surface area contributed by atoms with E-state index < -0.39 is 0 Å². The van der Waals surface area contributed by atoms with Crippen LogP contribution in [0.5, 0.6) is 0 Å². The number of rotatable bonds is 7. The first-order valence-electron chi connectivity index (χ1n) is 18.9. The molecule has 2 aromatic heterocycles. The van der Waals surface area contributed by atoms with Crippen LogP contribution in [0.15, 0.2) is 206 Å². The molecule has 10 rings (SSSR count). The minimum atomic E-state index is 0.298. The molecule has 0 fully saturated rings. The van der Waals surface area contributed by atoms with Gasteiger partial charge in [0.1, 0.15) is 0 Å². The standard InChI is InChI=1S/C52H37N3/c1-4-14-36(15-5-1)42-32-43(34-44(33-42)52-53-48(40-16-6-2-7-17-40)35-49(54-52)41-18-8-3-9-19-41)39-26-24-37(25-27-39)38-28-30-45(31-29-38)55-50-22-12-10-20-46(50)47-21-11-13-23-51(47)55/h1-24,26-35,37H,25H2. The molecule has 2 heterocycles. The molecule has 0 spiro atoms. The Labute approximate surface area is 321 Å². The third-order valence-electron chi connectivity index (χ3n) is 10.8. The minimum Gasteiger partial charge on any atom is -0.309 e. The van der Waals surface area contributed by atoms with Crippen molar-refractivity contribution in [3.05, 3.63) is 217 Å². The van der Waals surface area contributed by atoms with Crippen molar-refractivity contribution in [1.82, 2.24) is 14.5 Å². The summed E-state index contributed by atoms with van der Waals surface area (Å²) in [6.07, 6.45) is 7.96. The number of allylic oxidation sites excluding steroid dienone is 4. The van der Waals surface area contributed by atoms with Gasteiger partial charge in [-0.1, -0.05) is 158 Å². The van der Waals surface area contributed by atoms with Gasteiger partial charge in [-0.05, 0) is 82.8 Å². The molecular formula is C52H37N3. The number of benzene rings is 7. The number of fused-ring (bicyclic) bond motifs is 3. The van der Waals surface area contributed by atoms with Gasteiger partial charge in [0, 0.05) is 39.1 Å². The lowest BCUT2D eigenvalue weighted by Crippen LogP contribution is -2.01. The SMILES string of the molecule is C1=CC(c2ccc(-n3c4ccccc4c4ccccc43)cc2)CC=C1c1cc(-c2ccccc2)cc(-c2nc(-c3ccccc3)cc(-c3ccccc3)n2)c1. The summed E-state index contributed by atoms with van der Waals surface area (Å²) in [5.41, 5.74) is 14.5. The molecule has 9 aromatic rings. The van der Waals surface area contributed by atoms with Gasteiger partial charge in [-0.2, -0.15) is 0 Å². The highest BCUT2D eigenvalue weighted by Crippen LogP contribution is 2.37. The van der Waals surface area contributed by atoms with Crippen LogP contribution in [0.1, 0.15) is 23.5 Å². The molecule has 260 valence electrons. The number of hydrogen-bond acceptors (Lipinski definition) is 2. The first kappa shape index (κ1) is 32.5. The third kappa shape index (κ3) is 6.26. The van der Waals surface area contributed by atoms with Gasteiger partial charge in [0.25, 0.3) is 0 Å². The fraction of sp³-hybridized carbons (Fsp3) is 0.0385. The van der Waals surface area contributed by atoms with Crippen LogP contribution in [-0.4, -0.2) is 14.5 Å². The summed E-state index contributed by atoms with van der Waals surface area (Å²) in [4.78, 5) is 10.4. The molecule has 7 aromatic carbocycles. The van der Waals surface area contributed by atoms with E-state index in [0.717, 1.165) is 51.2 Å². The normalized spacial score (nSPS) is 14.0. The molecule has 0 saturated carbocycles. The molecule has 0 N–H and O–H groups in total. The fourth-order valence-electron chi connectivity index (χ4n) is 7.96. The highest BCUT2D eigenvalue weighted by Gasteiger charge is 2.18. The molecule has 3 nitrogen and oxygen atoms in total. The Bertz CT molecular complexity index is 2760. The summed E-state index contributed by atoms with van der Waals surface area (Å²) in [7, 11) is 0. The lowest BCUT2D eigenvalue weighted by molar-refractivity contribution is 0.856. The predicted octanol–water partition coefficient (Wildman–Crippen LogP) is 13.4. The Morgan fingerprint density at radius 3 is 1.51 bits per heavy atom. The van der Waals surface area contributed by atoms with Crippen LogP contribution in [0.2, 0.25) is 0 Å². The van der Waals surface area contributed by atoms with Gasteiger partial charge in [-0.3, -0.25) is 0 Å². The smallest absolute Gasteiger partial charge is 0.160 e. The maximum atomic E-state index is 5.18. The van der Waals surface area contributed by atoms with Crippen molar-refractivity contribution >= 4 is 27.4 Å². The lowest BCUT2D eigenvalue weighted by Gasteiger charge is -2.19. The van der Waals surface area contributed by atoms with E-state index in [0.29, 0.717) is 11.7 Å². The first-order valence-corrected chi connectivity index (χ1v) is 18.9. The van der Waals surface area contributed by atoms with Crippen LogP contribution in [0.25, 0.3) is 78.1 Å². The van der Waals surface area contributed by atoms with Crippen molar-refractivity contribution in [2.24, 2.45) is 0 Å². The van der Waals surface area contributed by atoms with Gasteiger partial charge in [-0.15, -0.1) is 0 Å². The third-order valence-corrected chi connectivity index (χ3v) is 10.8. The van der Waals surface area contributed by atoms with Crippen LogP contribution < -0.4 is 0 Å². The minimum absolute atomic E-state index is 0.298. The van der Waals surface area contributed by atoms with E-state index in [1.54, 1.807) is 0 Å². The van der Waals surface area contributed by atoms with Crippen LogP contribution in [0.4, 0.5) is 0 Å². The molecule has 0 saturated heterocycles. The van der Waals surface area contributed by atoms with Crippen LogP contribution >= 0.6 is 0 Å². The van der Waals surface area contributed by atoms with Gasteiger partial charge >= 0.3 is 0 Å². The first-order chi connectivity index (χ1) is 27.2. The van der Waals surface area contributed by atoms with Gasteiger partial charge in [0.15, 0.2) is 5.82 Å². The number of nitrogens with zero attached hydrogens (tertiary/aromatic N) is 3. The largest absolute Gasteiger partial charge is 0.309 e. The average Bonchev–Trinajstić information content (AvgIpc) is 3.61. The van der Waals surface area contributed by atoms with Crippen molar-refractivity contribution in [3.63, 3.8) is 0 Å². The van der Waals surface area contributed by atoms with Gasteiger partial charge in [0.05, 0.1) is 22.4 Å². The zero-order valence-electron chi connectivity index (χ0n) is 30.3. The van der Waals surface area contributed by atoms with E-state index in [-0.39, 0.29) is 0 Å². The monoisotopic (exact) mass is 703 g/mol. The zero-order chi connectivity index (χ0) is 36.6. The quantitative estimate of drug-likeness (QED) is 0.165. The molecule has 1 aliphatic carbocycles. The van der Waals surface area contributed by atoms with Crippen molar-refractivity contribution in [2.75, 3.05) is 0 Å². The summed E-state index contributed by atoms with van der Waals surface area (Å²) < 4.78 is 2.38. The van der Waals surface area contributed by atoms with Gasteiger partial charge < -0.3 is 4.57 Å². The van der Waals surface area contributed by atoms with E-state index in [1.807, 2.05) is 12.1 Å². The van der Waals surface area contributed by atoms with Crippen molar-refractivity contribution in [1.29, 1.82) is 0 Å². The molecule has 0 amide bonds. The molecule has 55 heavy (non-hydrogen) atoms. The lowest BCUT2D eigenvalue weighted by atomic mass is 9.87. The Balaban J connectivity index is 1.000. The number of hydrogen-bond donors (Lipinski definition) is 0. The molecule has 0 aliphatic heterocycles. The van der Waals surface area contributed by atoms with Crippen LogP contribution in [-0.2, 0) is 0 Å². The van der Waals surface area contributed by atoms with Crippen LogP contribution in [0.3, 0.4) is 0 Å². The number of aromatic nitrogens is 3. The Morgan fingerprint density at radius 2 is 0.945 bits per heavy atom. The molecule has 0 bridgehead atoms. The van der Waals surface area contributed by atoms with Crippen molar-refractivity contribution < 1.29 is 0 Å². The maximum absolute atomic E-state index is 5.18. The van der Waals surface area contributed by atoms with E-state index in [1.165, 1.54) is 38.6 Å². The van der Waals surface area contributed by atoms with Gasteiger partial charge in [0.2, 0.25) is 0 Å². The summed E-state index contributed by atoms with van der Waals surface area (Å²) in [5, 5.41) is 2.56. The van der Waals surface area contributed by atoms with E-state index in [9.17, 15) is 0 Å². The number of para-hydroxylation sites is 2. The second-order valence-corrected chi connectivity index (χ2v) is 14.2. The maximum Gasteiger partial charge on any atom is 0.160 e. The average molecular weight is 704 g/mol. The zero-order valence-corrected chi connectivity index (χ0v) is 30.3. The van der Waals surface area contributed by atoms with Crippen molar-refractivity contribution in [2.45, 2.75) is 12.3 Å². The summed E-state index contributed by atoms with van der Waals surface area (Å²) in [6.45, 7) is 0. The highest BCUT2D eigenvalue weighted by molar-refractivity contribution is 6.09. The van der Waals surface area contributed by atoms with E-state index >= 15 is 0 Å².